The standard InChI is InChI=1S/C20H18N4O4/c1-2-28-20(27)13-7-9-14(10-8-13)23-17-11-18(22-12-21-17)24-16-6-4-3-5-15(16)19(25)26/h3-12H,2H2,1H3,(H,25,26)(H2,21,22,23,24). The molecule has 8 nitrogen and oxygen atoms in total. The van der Waals surface area contributed by atoms with Crippen LogP contribution in [0.3, 0.4) is 0 Å². The van der Waals surface area contributed by atoms with E-state index in [0.717, 1.165) is 5.69 Å². The minimum absolute atomic E-state index is 0.144. The van der Waals surface area contributed by atoms with Gasteiger partial charge in [0.15, 0.2) is 0 Å². The predicted molar refractivity (Wildman–Crippen MR) is 104 cm³/mol. The van der Waals surface area contributed by atoms with Crippen LogP contribution >= 0.6 is 0 Å². The van der Waals surface area contributed by atoms with Gasteiger partial charge in [-0.2, -0.15) is 0 Å². The highest BCUT2D eigenvalue weighted by Crippen LogP contribution is 2.22. The topological polar surface area (TPSA) is 113 Å². The zero-order valence-corrected chi connectivity index (χ0v) is 15.0. The Morgan fingerprint density at radius 1 is 1.00 bits per heavy atom. The first-order chi connectivity index (χ1) is 13.6. The first-order valence-corrected chi connectivity index (χ1v) is 8.52. The first kappa shape index (κ1) is 18.8. The Morgan fingerprint density at radius 3 is 2.36 bits per heavy atom. The quantitative estimate of drug-likeness (QED) is 0.532. The van der Waals surface area contributed by atoms with Crippen molar-refractivity contribution in [2.45, 2.75) is 6.92 Å². The Morgan fingerprint density at radius 2 is 1.68 bits per heavy atom. The second-order valence-corrected chi connectivity index (χ2v) is 5.69. The molecule has 0 spiro atoms. The van der Waals surface area contributed by atoms with E-state index < -0.39 is 5.97 Å². The summed E-state index contributed by atoms with van der Waals surface area (Å²) in [5.74, 6) is -0.458. The Balaban J connectivity index is 1.74. The molecule has 28 heavy (non-hydrogen) atoms. The average Bonchev–Trinajstić information content (AvgIpc) is 2.69. The molecule has 0 aliphatic heterocycles. The van der Waals surface area contributed by atoms with Crippen LogP contribution in [-0.4, -0.2) is 33.6 Å². The van der Waals surface area contributed by atoms with Crippen molar-refractivity contribution in [1.82, 2.24) is 9.97 Å². The van der Waals surface area contributed by atoms with E-state index in [-0.39, 0.29) is 11.5 Å². The fourth-order valence-corrected chi connectivity index (χ4v) is 2.46. The monoisotopic (exact) mass is 378 g/mol. The Bertz CT molecular complexity index is 990. The minimum Gasteiger partial charge on any atom is -0.478 e. The number of carboxylic acids is 1. The Hall–Kier alpha value is -3.94. The Kier molecular flexibility index (Phi) is 5.81. The Labute approximate surface area is 161 Å². The van der Waals surface area contributed by atoms with Crippen molar-refractivity contribution < 1.29 is 19.4 Å². The number of hydrogen-bond donors (Lipinski definition) is 3. The summed E-state index contributed by atoms with van der Waals surface area (Å²) in [6, 6.07) is 15.0. The van der Waals surface area contributed by atoms with E-state index in [2.05, 4.69) is 20.6 Å². The molecule has 0 aliphatic carbocycles. The van der Waals surface area contributed by atoms with Crippen LogP contribution in [0, 0.1) is 0 Å². The summed E-state index contributed by atoms with van der Waals surface area (Å²) in [5.41, 5.74) is 1.76. The molecule has 3 rings (SSSR count). The number of carbonyl (C=O) groups excluding carboxylic acids is 1. The molecule has 0 aliphatic rings. The van der Waals surface area contributed by atoms with Gasteiger partial charge in [0, 0.05) is 11.8 Å². The van der Waals surface area contributed by atoms with Gasteiger partial charge in [-0.3, -0.25) is 0 Å². The molecule has 0 atom stereocenters. The number of esters is 1. The fourth-order valence-electron chi connectivity index (χ4n) is 2.46. The summed E-state index contributed by atoms with van der Waals surface area (Å²) < 4.78 is 4.95. The smallest absolute Gasteiger partial charge is 0.338 e. The summed E-state index contributed by atoms with van der Waals surface area (Å²) in [4.78, 5) is 31.3. The third-order valence-electron chi connectivity index (χ3n) is 3.76. The van der Waals surface area contributed by atoms with E-state index in [9.17, 15) is 14.7 Å². The highest BCUT2D eigenvalue weighted by Gasteiger charge is 2.10. The van der Waals surface area contributed by atoms with Gasteiger partial charge in [0.25, 0.3) is 0 Å². The number of para-hydroxylation sites is 1. The fraction of sp³-hybridized carbons (Fsp3) is 0.100. The molecule has 0 fully saturated rings. The van der Waals surface area contributed by atoms with Gasteiger partial charge in [-0.05, 0) is 43.3 Å². The highest BCUT2D eigenvalue weighted by molar-refractivity contribution is 5.95. The zero-order chi connectivity index (χ0) is 19.9. The van der Waals surface area contributed by atoms with Gasteiger partial charge in [0.2, 0.25) is 0 Å². The number of hydrogen-bond acceptors (Lipinski definition) is 7. The van der Waals surface area contributed by atoms with E-state index in [0.29, 0.717) is 29.5 Å². The molecule has 0 unspecified atom stereocenters. The number of aromatic nitrogens is 2. The lowest BCUT2D eigenvalue weighted by Gasteiger charge is -2.10. The summed E-state index contributed by atoms with van der Waals surface area (Å²) >= 11 is 0. The molecule has 1 heterocycles. The first-order valence-electron chi connectivity index (χ1n) is 8.52. The third kappa shape index (κ3) is 4.61. The number of benzene rings is 2. The predicted octanol–water partition coefficient (Wildman–Crippen LogP) is 3.84. The van der Waals surface area contributed by atoms with Gasteiger partial charge >= 0.3 is 11.9 Å². The largest absolute Gasteiger partial charge is 0.478 e. The van der Waals surface area contributed by atoms with Crippen molar-refractivity contribution in [3.8, 4) is 0 Å². The van der Waals surface area contributed by atoms with E-state index in [4.69, 9.17) is 4.74 Å². The molecule has 0 saturated carbocycles. The van der Waals surface area contributed by atoms with Crippen LogP contribution in [0.25, 0.3) is 0 Å². The number of carbonyl (C=O) groups is 2. The second kappa shape index (κ2) is 8.63. The van der Waals surface area contributed by atoms with Crippen LogP contribution in [0.15, 0.2) is 60.9 Å². The number of nitrogens with one attached hydrogen (secondary N) is 2. The van der Waals surface area contributed by atoms with Crippen molar-refractivity contribution >= 4 is 34.9 Å². The highest BCUT2D eigenvalue weighted by atomic mass is 16.5. The lowest BCUT2D eigenvalue weighted by molar-refractivity contribution is 0.0526. The van der Waals surface area contributed by atoms with Crippen molar-refractivity contribution in [2.24, 2.45) is 0 Å². The maximum atomic E-state index is 11.7. The second-order valence-electron chi connectivity index (χ2n) is 5.69. The normalized spacial score (nSPS) is 10.2. The zero-order valence-electron chi connectivity index (χ0n) is 15.0. The van der Waals surface area contributed by atoms with Gasteiger partial charge in [-0.15, -0.1) is 0 Å². The van der Waals surface area contributed by atoms with Gasteiger partial charge in [0.1, 0.15) is 18.0 Å². The maximum Gasteiger partial charge on any atom is 0.338 e. The summed E-state index contributed by atoms with van der Waals surface area (Å²) in [6.45, 7) is 2.07. The van der Waals surface area contributed by atoms with E-state index in [1.54, 1.807) is 55.5 Å². The van der Waals surface area contributed by atoms with Crippen molar-refractivity contribution in [3.63, 3.8) is 0 Å². The lowest BCUT2D eigenvalue weighted by atomic mass is 10.2. The van der Waals surface area contributed by atoms with Gasteiger partial charge in [-0.1, -0.05) is 12.1 Å². The molecule has 142 valence electrons. The van der Waals surface area contributed by atoms with Crippen LogP contribution < -0.4 is 10.6 Å². The maximum absolute atomic E-state index is 11.7. The number of anilines is 4. The third-order valence-corrected chi connectivity index (χ3v) is 3.76. The number of ether oxygens (including phenoxy) is 1. The van der Waals surface area contributed by atoms with Crippen molar-refractivity contribution in [2.75, 3.05) is 17.2 Å². The molecular formula is C20H18N4O4. The number of nitrogens with zero attached hydrogens (tertiary/aromatic N) is 2. The average molecular weight is 378 g/mol. The SMILES string of the molecule is CCOC(=O)c1ccc(Nc2cc(Nc3ccccc3C(=O)O)ncn2)cc1. The summed E-state index contributed by atoms with van der Waals surface area (Å²) in [6.07, 6.45) is 1.36. The molecule has 0 bridgehead atoms. The van der Waals surface area contributed by atoms with Crippen LogP contribution in [0.5, 0.6) is 0 Å². The van der Waals surface area contributed by atoms with E-state index in [1.165, 1.54) is 12.4 Å². The van der Waals surface area contributed by atoms with E-state index >= 15 is 0 Å². The van der Waals surface area contributed by atoms with E-state index in [1.807, 2.05) is 0 Å². The molecule has 3 N–H and O–H groups in total. The van der Waals surface area contributed by atoms with Crippen LogP contribution in [0.4, 0.5) is 23.0 Å². The number of rotatable bonds is 7. The minimum atomic E-state index is -1.03. The lowest BCUT2D eigenvalue weighted by Crippen LogP contribution is -2.05. The van der Waals surface area contributed by atoms with Crippen LogP contribution in [-0.2, 0) is 4.74 Å². The molecule has 0 radical (unpaired) electrons. The van der Waals surface area contributed by atoms with Crippen molar-refractivity contribution in [1.29, 1.82) is 0 Å². The van der Waals surface area contributed by atoms with Crippen molar-refractivity contribution in [3.05, 3.63) is 72.1 Å². The molecule has 8 heteroatoms. The molecule has 3 aromatic rings. The molecular weight excluding hydrogens is 360 g/mol. The van der Waals surface area contributed by atoms with Crippen LogP contribution in [0.1, 0.15) is 27.6 Å². The number of carboxylic acid groups (broad SMARTS) is 1. The molecule has 0 amide bonds. The molecule has 1 aromatic heterocycles. The summed E-state index contributed by atoms with van der Waals surface area (Å²) in [7, 11) is 0. The van der Waals surface area contributed by atoms with Gasteiger partial charge in [0.05, 0.1) is 23.4 Å². The van der Waals surface area contributed by atoms with Crippen LogP contribution in [0.2, 0.25) is 0 Å². The summed E-state index contributed by atoms with van der Waals surface area (Å²) in [5, 5.41) is 15.4. The number of aromatic carboxylic acids is 1. The molecule has 0 saturated heterocycles. The van der Waals surface area contributed by atoms with Gasteiger partial charge < -0.3 is 20.5 Å². The van der Waals surface area contributed by atoms with Gasteiger partial charge in [-0.25, -0.2) is 19.6 Å². The molecule has 2 aromatic carbocycles.